The number of unbranched alkanes of at least 4 members (excludes halogenated alkanes) is 3. The summed E-state index contributed by atoms with van der Waals surface area (Å²) >= 11 is 0. The molecule has 1 aliphatic carbocycles. The Kier molecular flexibility index (Phi) is 4.10. The summed E-state index contributed by atoms with van der Waals surface area (Å²) in [6.45, 7) is 3.42. The fraction of sp³-hybridized carbons (Fsp3) is 0.444. The maximum atomic E-state index is 3.52. The average Bonchev–Trinajstić information content (AvgIpc) is 3.09. The van der Waals surface area contributed by atoms with Gasteiger partial charge < -0.3 is 10.2 Å². The molecule has 1 aromatic rings. The first-order valence-corrected chi connectivity index (χ1v) is 7.86. The van der Waals surface area contributed by atoms with E-state index in [4.69, 9.17) is 0 Å². The van der Waals surface area contributed by atoms with Crippen molar-refractivity contribution in [2.24, 2.45) is 0 Å². The average molecular weight is 268 g/mol. The molecule has 2 atom stereocenters. The summed E-state index contributed by atoms with van der Waals surface area (Å²) in [5.74, 6) is 0.465. The van der Waals surface area contributed by atoms with Gasteiger partial charge in [0, 0.05) is 24.9 Å². The van der Waals surface area contributed by atoms with Crippen LogP contribution in [0.15, 0.2) is 42.7 Å². The van der Waals surface area contributed by atoms with Crippen LogP contribution in [0.1, 0.15) is 49.7 Å². The molecular weight excluding hydrogens is 244 g/mol. The molecule has 0 aromatic heterocycles. The van der Waals surface area contributed by atoms with Crippen molar-refractivity contribution in [1.82, 2.24) is 10.2 Å². The predicted molar refractivity (Wildman–Crippen MR) is 85.1 cm³/mol. The van der Waals surface area contributed by atoms with Crippen LogP contribution >= 0.6 is 0 Å². The van der Waals surface area contributed by atoms with E-state index in [2.05, 4.69) is 66.0 Å². The van der Waals surface area contributed by atoms with Gasteiger partial charge in [-0.25, -0.2) is 0 Å². The van der Waals surface area contributed by atoms with Gasteiger partial charge in [-0.1, -0.05) is 62.6 Å². The summed E-state index contributed by atoms with van der Waals surface area (Å²) in [7, 11) is 0. The molecule has 106 valence electrons. The van der Waals surface area contributed by atoms with E-state index in [0.717, 1.165) is 6.54 Å². The van der Waals surface area contributed by atoms with Crippen LogP contribution in [0, 0.1) is 0 Å². The molecule has 0 bridgehead atoms. The third kappa shape index (κ3) is 2.60. The minimum Gasteiger partial charge on any atom is -0.369 e. The molecule has 20 heavy (non-hydrogen) atoms. The van der Waals surface area contributed by atoms with E-state index in [1.54, 1.807) is 0 Å². The van der Waals surface area contributed by atoms with E-state index in [0.29, 0.717) is 12.1 Å². The highest BCUT2D eigenvalue weighted by Crippen LogP contribution is 2.34. The molecule has 0 saturated carbocycles. The molecule has 1 aliphatic heterocycles. The molecule has 0 radical (unpaired) electrons. The van der Waals surface area contributed by atoms with Crippen LogP contribution in [-0.2, 0) is 0 Å². The summed E-state index contributed by atoms with van der Waals surface area (Å²) in [6.07, 6.45) is 14.6. The summed E-state index contributed by atoms with van der Waals surface area (Å²) in [5, 5.41) is 3.52. The van der Waals surface area contributed by atoms with Gasteiger partial charge in [-0.2, -0.15) is 0 Å². The molecule has 1 aromatic carbocycles. The number of hydrogen-bond donors (Lipinski definition) is 1. The summed E-state index contributed by atoms with van der Waals surface area (Å²) in [5.41, 5.74) is 2.82. The highest BCUT2D eigenvalue weighted by Gasteiger charge is 2.30. The second-order valence-corrected chi connectivity index (χ2v) is 5.74. The molecular formula is C18H24N2. The van der Waals surface area contributed by atoms with Crippen molar-refractivity contribution >= 4 is 6.08 Å². The lowest BCUT2D eigenvalue weighted by molar-refractivity contribution is 0.255. The molecule has 2 aliphatic rings. The van der Waals surface area contributed by atoms with E-state index in [-0.39, 0.29) is 0 Å². The van der Waals surface area contributed by atoms with Crippen LogP contribution in [0.4, 0.5) is 0 Å². The number of fused-ring (bicyclic) bond motifs is 1. The number of nitrogens with zero attached hydrogens (tertiary/aromatic N) is 1. The highest BCUT2D eigenvalue weighted by atomic mass is 15.3. The Bertz CT molecular complexity index is 504. The van der Waals surface area contributed by atoms with E-state index >= 15 is 0 Å². The Labute approximate surface area is 122 Å². The molecule has 2 nitrogen and oxygen atoms in total. The fourth-order valence-electron chi connectivity index (χ4n) is 3.22. The van der Waals surface area contributed by atoms with Crippen LogP contribution in [0.25, 0.3) is 6.08 Å². The molecule has 3 rings (SSSR count). The van der Waals surface area contributed by atoms with Gasteiger partial charge in [0.05, 0.1) is 0 Å². The molecule has 2 unspecified atom stereocenters. The second kappa shape index (κ2) is 6.17. The first-order valence-electron chi connectivity index (χ1n) is 7.86. The van der Waals surface area contributed by atoms with Crippen LogP contribution in [-0.4, -0.2) is 17.6 Å². The van der Waals surface area contributed by atoms with Gasteiger partial charge in [0.1, 0.15) is 6.17 Å². The zero-order valence-electron chi connectivity index (χ0n) is 12.3. The minimum atomic E-state index is 0.386. The Balaban J connectivity index is 1.64. The Morgan fingerprint density at radius 1 is 1.15 bits per heavy atom. The molecule has 0 fully saturated rings. The summed E-state index contributed by atoms with van der Waals surface area (Å²) < 4.78 is 0. The molecule has 1 heterocycles. The van der Waals surface area contributed by atoms with Crippen molar-refractivity contribution in [3.05, 3.63) is 53.9 Å². The topological polar surface area (TPSA) is 15.3 Å². The van der Waals surface area contributed by atoms with E-state index in [9.17, 15) is 0 Å². The zero-order valence-corrected chi connectivity index (χ0v) is 12.3. The van der Waals surface area contributed by atoms with Crippen molar-refractivity contribution < 1.29 is 0 Å². The summed E-state index contributed by atoms with van der Waals surface area (Å²) in [6, 6.07) is 8.73. The molecule has 0 spiro atoms. The number of benzene rings is 1. The van der Waals surface area contributed by atoms with Crippen molar-refractivity contribution in [3.8, 4) is 0 Å². The Morgan fingerprint density at radius 2 is 2.05 bits per heavy atom. The quantitative estimate of drug-likeness (QED) is 0.782. The normalized spacial score (nSPS) is 23.1. The smallest absolute Gasteiger partial charge is 0.109 e. The zero-order chi connectivity index (χ0) is 13.8. The third-order valence-electron chi connectivity index (χ3n) is 4.34. The minimum absolute atomic E-state index is 0.386. The van der Waals surface area contributed by atoms with Gasteiger partial charge in [-0.05, 0) is 17.5 Å². The molecule has 0 amide bonds. The van der Waals surface area contributed by atoms with Crippen LogP contribution in [0.3, 0.4) is 0 Å². The van der Waals surface area contributed by atoms with Crippen LogP contribution in [0.5, 0.6) is 0 Å². The van der Waals surface area contributed by atoms with Crippen molar-refractivity contribution in [2.45, 2.75) is 44.7 Å². The third-order valence-corrected chi connectivity index (χ3v) is 4.34. The van der Waals surface area contributed by atoms with Crippen molar-refractivity contribution in [2.75, 3.05) is 6.54 Å². The van der Waals surface area contributed by atoms with Crippen molar-refractivity contribution in [3.63, 3.8) is 0 Å². The van der Waals surface area contributed by atoms with Gasteiger partial charge in [0.25, 0.3) is 0 Å². The number of rotatable bonds is 6. The lowest BCUT2D eigenvalue weighted by Gasteiger charge is -2.30. The second-order valence-electron chi connectivity index (χ2n) is 5.74. The van der Waals surface area contributed by atoms with E-state index in [1.807, 2.05) is 0 Å². The van der Waals surface area contributed by atoms with Crippen molar-refractivity contribution in [1.29, 1.82) is 0 Å². The number of nitrogens with one attached hydrogen (secondary N) is 1. The first-order chi connectivity index (χ1) is 9.90. The van der Waals surface area contributed by atoms with Gasteiger partial charge in [0.2, 0.25) is 0 Å². The Morgan fingerprint density at radius 3 is 2.95 bits per heavy atom. The highest BCUT2D eigenvalue weighted by molar-refractivity contribution is 5.62. The molecule has 1 N–H and O–H groups in total. The van der Waals surface area contributed by atoms with E-state index < -0.39 is 0 Å². The largest absolute Gasteiger partial charge is 0.369 e. The van der Waals surface area contributed by atoms with Gasteiger partial charge in [-0.3, -0.25) is 0 Å². The standard InChI is InChI=1S/C18H24N2/c1-2-3-4-7-13-20-14-12-19-18(20)17-11-10-15-8-5-6-9-16(15)17/h5-6,8-12,14,17-19H,2-4,7,13H2,1H3. The van der Waals surface area contributed by atoms with E-state index in [1.165, 1.54) is 36.8 Å². The monoisotopic (exact) mass is 268 g/mol. The van der Waals surface area contributed by atoms with Gasteiger partial charge >= 0.3 is 0 Å². The first kappa shape index (κ1) is 13.3. The lowest BCUT2D eigenvalue weighted by Crippen LogP contribution is -2.40. The maximum absolute atomic E-state index is 3.52. The van der Waals surface area contributed by atoms with Crippen LogP contribution < -0.4 is 5.32 Å². The molecule has 2 heteroatoms. The number of hydrogen-bond acceptors (Lipinski definition) is 2. The Hall–Kier alpha value is -1.70. The maximum Gasteiger partial charge on any atom is 0.109 e. The van der Waals surface area contributed by atoms with Gasteiger partial charge in [-0.15, -0.1) is 0 Å². The SMILES string of the molecule is CCCCCCN1C=CNC1C1C=Cc2ccccc21. The fourth-order valence-corrected chi connectivity index (χ4v) is 3.22. The molecule has 0 saturated heterocycles. The van der Waals surface area contributed by atoms with Gasteiger partial charge in [0.15, 0.2) is 0 Å². The lowest BCUT2D eigenvalue weighted by atomic mass is 9.97. The predicted octanol–water partition coefficient (Wildman–Crippen LogP) is 4.08. The van der Waals surface area contributed by atoms with Crippen LogP contribution in [0.2, 0.25) is 0 Å². The summed E-state index contributed by atoms with van der Waals surface area (Å²) in [4.78, 5) is 2.47.